The third-order valence-corrected chi connectivity index (χ3v) is 3.97. The Morgan fingerprint density at radius 3 is 2.54 bits per heavy atom. The molecule has 6 nitrogen and oxygen atoms in total. The highest BCUT2D eigenvalue weighted by molar-refractivity contribution is 5.96. The van der Waals surface area contributed by atoms with E-state index in [2.05, 4.69) is 32.7 Å². The van der Waals surface area contributed by atoms with Gasteiger partial charge in [0.05, 0.1) is 11.9 Å². The molecule has 132 valence electrons. The van der Waals surface area contributed by atoms with Crippen molar-refractivity contribution in [2.24, 2.45) is 0 Å². The molecule has 0 atom stereocenters. The number of hydrogen-bond acceptors (Lipinski definition) is 5. The van der Waals surface area contributed by atoms with Gasteiger partial charge in [0.2, 0.25) is 0 Å². The van der Waals surface area contributed by atoms with E-state index < -0.39 is 0 Å². The molecule has 1 aromatic heterocycles. The van der Waals surface area contributed by atoms with Crippen LogP contribution in [0, 0.1) is 0 Å². The Morgan fingerprint density at radius 2 is 1.77 bits per heavy atom. The summed E-state index contributed by atoms with van der Waals surface area (Å²) in [5.41, 5.74) is 9.75. The zero-order chi connectivity index (χ0) is 18.4. The number of carbonyl (C=O) groups is 1. The number of rotatable bonds is 6. The number of benzene rings is 2. The van der Waals surface area contributed by atoms with Crippen molar-refractivity contribution in [3.05, 3.63) is 77.6 Å². The Bertz CT molecular complexity index is 896. The molecule has 0 bridgehead atoms. The summed E-state index contributed by atoms with van der Waals surface area (Å²) in [5, 5.41) is 5.95. The maximum atomic E-state index is 11.9. The molecule has 0 radical (unpaired) electrons. The van der Waals surface area contributed by atoms with Gasteiger partial charge in [-0.2, -0.15) is 0 Å². The van der Waals surface area contributed by atoms with Gasteiger partial charge < -0.3 is 16.4 Å². The number of anilines is 1. The van der Waals surface area contributed by atoms with Gasteiger partial charge >= 0.3 is 0 Å². The second-order valence-corrected chi connectivity index (χ2v) is 5.86. The molecule has 0 unspecified atom stereocenters. The Kier molecular flexibility index (Phi) is 5.56. The van der Waals surface area contributed by atoms with Crippen LogP contribution in [0.2, 0.25) is 0 Å². The first-order valence-corrected chi connectivity index (χ1v) is 8.36. The van der Waals surface area contributed by atoms with Gasteiger partial charge in [0, 0.05) is 25.7 Å². The SMILES string of the molecule is CNC(=O)c1nc(-c2cccc(CNCc3ccccc3)c2)cnc1N. The second-order valence-electron chi connectivity index (χ2n) is 5.86. The molecule has 0 aliphatic heterocycles. The summed E-state index contributed by atoms with van der Waals surface area (Å²) >= 11 is 0. The molecule has 0 spiro atoms. The van der Waals surface area contributed by atoms with Crippen molar-refractivity contribution in [3.8, 4) is 11.3 Å². The van der Waals surface area contributed by atoms with Crippen molar-refractivity contribution in [2.75, 3.05) is 12.8 Å². The molecule has 6 heteroatoms. The zero-order valence-corrected chi connectivity index (χ0v) is 14.6. The minimum atomic E-state index is -0.350. The van der Waals surface area contributed by atoms with Gasteiger partial charge in [-0.15, -0.1) is 0 Å². The van der Waals surface area contributed by atoms with E-state index >= 15 is 0 Å². The first kappa shape index (κ1) is 17.6. The van der Waals surface area contributed by atoms with Gasteiger partial charge in [-0.1, -0.05) is 48.5 Å². The number of hydrogen-bond donors (Lipinski definition) is 3. The number of nitrogens with one attached hydrogen (secondary N) is 2. The fourth-order valence-electron chi connectivity index (χ4n) is 2.61. The quantitative estimate of drug-likeness (QED) is 0.637. The Morgan fingerprint density at radius 1 is 1.04 bits per heavy atom. The maximum absolute atomic E-state index is 11.9. The van der Waals surface area contributed by atoms with E-state index in [9.17, 15) is 4.79 Å². The number of aromatic nitrogens is 2. The summed E-state index contributed by atoms with van der Waals surface area (Å²) in [5.74, 6) is -0.230. The van der Waals surface area contributed by atoms with Crippen LogP contribution in [0.25, 0.3) is 11.3 Å². The van der Waals surface area contributed by atoms with E-state index in [1.807, 2.05) is 42.5 Å². The highest BCUT2D eigenvalue weighted by atomic mass is 16.1. The molecule has 3 rings (SSSR count). The maximum Gasteiger partial charge on any atom is 0.273 e. The monoisotopic (exact) mass is 347 g/mol. The smallest absolute Gasteiger partial charge is 0.273 e. The number of carbonyl (C=O) groups excluding carboxylic acids is 1. The first-order valence-electron chi connectivity index (χ1n) is 8.36. The normalized spacial score (nSPS) is 10.5. The van der Waals surface area contributed by atoms with Crippen molar-refractivity contribution in [1.82, 2.24) is 20.6 Å². The molecule has 1 heterocycles. The summed E-state index contributed by atoms with van der Waals surface area (Å²) in [6, 6.07) is 18.2. The lowest BCUT2D eigenvalue weighted by molar-refractivity contribution is 0.0959. The van der Waals surface area contributed by atoms with Gasteiger partial charge in [0.15, 0.2) is 11.5 Å². The molecular formula is C20H21N5O. The summed E-state index contributed by atoms with van der Waals surface area (Å²) in [4.78, 5) is 20.3. The molecule has 0 fully saturated rings. The number of amides is 1. The minimum absolute atomic E-state index is 0.119. The van der Waals surface area contributed by atoms with Crippen molar-refractivity contribution in [2.45, 2.75) is 13.1 Å². The third kappa shape index (κ3) is 4.23. The molecule has 0 aliphatic rings. The van der Waals surface area contributed by atoms with E-state index in [4.69, 9.17) is 5.73 Å². The lowest BCUT2D eigenvalue weighted by atomic mass is 10.1. The van der Waals surface area contributed by atoms with Crippen LogP contribution in [0.1, 0.15) is 21.6 Å². The lowest BCUT2D eigenvalue weighted by Crippen LogP contribution is -2.21. The summed E-state index contributed by atoms with van der Waals surface area (Å²) in [7, 11) is 1.54. The van der Waals surface area contributed by atoms with Crippen LogP contribution in [0.5, 0.6) is 0 Å². The Balaban J connectivity index is 1.74. The average molecular weight is 347 g/mol. The van der Waals surface area contributed by atoms with Crippen LogP contribution in [0.4, 0.5) is 5.82 Å². The summed E-state index contributed by atoms with van der Waals surface area (Å²) < 4.78 is 0. The molecule has 3 aromatic rings. The van der Waals surface area contributed by atoms with Crippen LogP contribution in [-0.4, -0.2) is 22.9 Å². The van der Waals surface area contributed by atoms with E-state index in [-0.39, 0.29) is 17.4 Å². The highest BCUT2D eigenvalue weighted by Gasteiger charge is 2.13. The average Bonchev–Trinajstić information content (AvgIpc) is 2.69. The van der Waals surface area contributed by atoms with Crippen LogP contribution < -0.4 is 16.4 Å². The standard InChI is InChI=1S/C20H21N5O/c1-22-20(26)18-19(21)24-13-17(25-18)16-9-5-8-15(10-16)12-23-11-14-6-3-2-4-7-14/h2-10,13,23H,11-12H2,1H3,(H2,21,24)(H,22,26). The van der Waals surface area contributed by atoms with Crippen LogP contribution >= 0.6 is 0 Å². The van der Waals surface area contributed by atoms with Crippen LogP contribution in [-0.2, 0) is 13.1 Å². The topological polar surface area (TPSA) is 92.9 Å². The predicted octanol–water partition coefficient (Wildman–Crippen LogP) is 2.38. The molecule has 26 heavy (non-hydrogen) atoms. The number of nitrogens with two attached hydrogens (primary N) is 1. The van der Waals surface area contributed by atoms with E-state index in [1.165, 1.54) is 12.6 Å². The molecule has 2 aromatic carbocycles. The van der Waals surface area contributed by atoms with E-state index in [1.54, 1.807) is 6.20 Å². The summed E-state index contributed by atoms with van der Waals surface area (Å²) in [6.45, 7) is 1.53. The molecule has 0 saturated carbocycles. The van der Waals surface area contributed by atoms with Crippen molar-refractivity contribution in [3.63, 3.8) is 0 Å². The first-order chi connectivity index (χ1) is 12.7. The molecule has 0 saturated heterocycles. The number of nitrogen functional groups attached to an aromatic ring is 1. The van der Waals surface area contributed by atoms with Crippen LogP contribution in [0.15, 0.2) is 60.8 Å². The fourth-order valence-corrected chi connectivity index (χ4v) is 2.61. The lowest BCUT2D eigenvalue weighted by Gasteiger charge is -2.09. The van der Waals surface area contributed by atoms with Crippen molar-refractivity contribution < 1.29 is 4.79 Å². The van der Waals surface area contributed by atoms with Gasteiger partial charge in [-0.3, -0.25) is 4.79 Å². The summed E-state index contributed by atoms with van der Waals surface area (Å²) in [6.07, 6.45) is 1.58. The fraction of sp³-hybridized carbons (Fsp3) is 0.150. The van der Waals surface area contributed by atoms with Gasteiger partial charge in [0.25, 0.3) is 5.91 Å². The molecule has 1 amide bonds. The Labute approximate surface area is 152 Å². The minimum Gasteiger partial charge on any atom is -0.382 e. The number of nitrogens with zero attached hydrogens (tertiary/aromatic N) is 2. The highest BCUT2D eigenvalue weighted by Crippen LogP contribution is 2.20. The van der Waals surface area contributed by atoms with Crippen molar-refractivity contribution >= 4 is 11.7 Å². The second kappa shape index (κ2) is 8.22. The molecule has 4 N–H and O–H groups in total. The van der Waals surface area contributed by atoms with Crippen molar-refractivity contribution in [1.29, 1.82) is 0 Å². The van der Waals surface area contributed by atoms with Gasteiger partial charge in [-0.05, 0) is 17.2 Å². The zero-order valence-electron chi connectivity index (χ0n) is 14.6. The predicted molar refractivity (Wildman–Crippen MR) is 102 cm³/mol. The van der Waals surface area contributed by atoms with Crippen LogP contribution in [0.3, 0.4) is 0 Å². The molecular weight excluding hydrogens is 326 g/mol. The van der Waals surface area contributed by atoms with Gasteiger partial charge in [0.1, 0.15) is 0 Å². The largest absolute Gasteiger partial charge is 0.382 e. The van der Waals surface area contributed by atoms with Gasteiger partial charge in [-0.25, -0.2) is 9.97 Å². The van der Waals surface area contributed by atoms with E-state index in [0.29, 0.717) is 5.69 Å². The van der Waals surface area contributed by atoms with E-state index in [0.717, 1.165) is 24.2 Å². The molecule has 0 aliphatic carbocycles. The third-order valence-electron chi connectivity index (χ3n) is 3.97. The Hall–Kier alpha value is -3.25.